The molecule has 1 N–H and O–H groups in total. The molecule has 6 nitrogen and oxygen atoms in total. The summed E-state index contributed by atoms with van der Waals surface area (Å²) in [6.07, 6.45) is 5.21. The van der Waals surface area contributed by atoms with E-state index in [-0.39, 0.29) is 11.8 Å². The van der Waals surface area contributed by atoms with Crippen LogP contribution < -0.4 is 5.32 Å². The van der Waals surface area contributed by atoms with Crippen molar-refractivity contribution in [1.29, 1.82) is 0 Å². The van der Waals surface area contributed by atoms with E-state index in [1.807, 2.05) is 37.6 Å². The second-order valence-corrected chi connectivity index (χ2v) is 6.38. The lowest BCUT2D eigenvalue weighted by atomic mass is 9.89. The monoisotopic (exact) mass is 335 g/mol. The molecule has 1 aliphatic heterocycles. The van der Waals surface area contributed by atoms with Crippen LogP contribution in [0.15, 0.2) is 42.7 Å². The van der Waals surface area contributed by atoms with Crippen molar-refractivity contribution >= 4 is 11.7 Å². The predicted octanol–water partition coefficient (Wildman–Crippen LogP) is 3.17. The predicted molar refractivity (Wildman–Crippen MR) is 96.3 cm³/mol. The molecule has 3 heterocycles. The molecule has 0 bridgehead atoms. The van der Waals surface area contributed by atoms with Gasteiger partial charge in [0, 0.05) is 43.5 Å². The van der Waals surface area contributed by atoms with Gasteiger partial charge >= 0.3 is 0 Å². The van der Waals surface area contributed by atoms with Crippen molar-refractivity contribution in [1.82, 2.24) is 19.3 Å². The first-order valence-corrected chi connectivity index (χ1v) is 8.62. The van der Waals surface area contributed by atoms with Crippen molar-refractivity contribution in [2.75, 3.05) is 5.32 Å². The second-order valence-electron chi connectivity index (χ2n) is 6.38. The van der Waals surface area contributed by atoms with E-state index in [2.05, 4.69) is 33.9 Å². The lowest BCUT2D eigenvalue weighted by Gasteiger charge is -2.24. The van der Waals surface area contributed by atoms with Crippen molar-refractivity contribution in [3.63, 3.8) is 0 Å². The van der Waals surface area contributed by atoms with Crippen LogP contribution in [0.5, 0.6) is 0 Å². The number of rotatable bonds is 4. The summed E-state index contributed by atoms with van der Waals surface area (Å²) < 4.78 is 3.91. The van der Waals surface area contributed by atoms with Gasteiger partial charge in [0.15, 0.2) is 0 Å². The van der Waals surface area contributed by atoms with Gasteiger partial charge in [-0.15, -0.1) is 0 Å². The number of hydrogen-bond donors (Lipinski definition) is 1. The van der Waals surface area contributed by atoms with Crippen LogP contribution >= 0.6 is 0 Å². The summed E-state index contributed by atoms with van der Waals surface area (Å²) in [5.41, 5.74) is 3.01. The van der Waals surface area contributed by atoms with Gasteiger partial charge in [-0.1, -0.05) is 37.3 Å². The minimum Gasteiger partial charge on any atom is -0.334 e. The third kappa shape index (κ3) is 2.63. The number of imidazole rings is 1. The Labute approximate surface area is 146 Å². The number of hydrogen-bond acceptors (Lipinski definition) is 3. The lowest BCUT2D eigenvalue weighted by Crippen LogP contribution is -2.26. The van der Waals surface area contributed by atoms with Gasteiger partial charge in [0.1, 0.15) is 11.6 Å². The number of aromatic nitrogens is 4. The van der Waals surface area contributed by atoms with Crippen molar-refractivity contribution in [2.45, 2.75) is 32.2 Å². The quantitative estimate of drug-likeness (QED) is 0.796. The van der Waals surface area contributed by atoms with Crippen LogP contribution in [0.2, 0.25) is 0 Å². The SMILES string of the molecule is CCCn1ccnc1[C@@H]1CC(=O)Nc2c1c(-c1ccccc1)nn2C. The Morgan fingerprint density at radius 3 is 2.84 bits per heavy atom. The third-order valence-electron chi connectivity index (χ3n) is 4.65. The van der Waals surface area contributed by atoms with Crippen LogP contribution in [-0.4, -0.2) is 25.2 Å². The molecule has 3 aromatic rings. The zero-order valence-corrected chi connectivity index (χ0v) is 14.4. The van der Waals surface area contributed by atoms with Gasteiger partial charge in [-0.05, 0) is 6.42 Å². The Morgan fingerprint density at radius 1 is 1.28 bits per heavy atom. The van der Waals surface area contributed by atoms with Gasteiger partial charge in [-0.2, -0.15) is 5.10 Å². The van der Waals surface area contributed by atoms with Gasteiger partial charge < -0.3 is 9.88 Å². The van der Waals surface area contributed by atoms with Crippen molar-refractivity contribution in [3.8, 4) is 11.3 Å². The maximum absolute atomic E-state index is 12.3. The van der Waals surface area contributed by atoms with Crippen molar-refractivity contribution in [2.24, 2.45) is 7.05 Å². The minimum atomic E-state index is -0.0887. The summed E-state index contributed by atoms with van der Waals surface area (Å²) in [6.45, 7) is 3.03. The van der Waals surface area contributed by atoms with Crippen LogP contribution in [0.4, 0.5) is 5.82 Å². The minimum absolute atomic E-state index is 0.00570. The standard InChI is InChI=1S/C19H21N5O/c1-3-10-24-11-9-20-18(24)14-12-15(25)21-19-16(14)17(22-23(19)2)13-7-5-4-6-8-13/h4-9,11,14H,3,10,12H2,1-2H3,(H,21,25)/t14-/m1/s1. The van der Waals surface area contributed by atoms with Gasteiger partial charge in [-0.3, -0.25) is 9.48 Å². The van der Waals surface area contributed by atoms with Crippen molar-refractivity contribution in [3.05, 3.63) is 54.1 Å². The Kier molecular flexibility index (Phi) is 3.87. The number of benzene rings is 1. The highest BCUT2D eigenvalue weighted by Crippen LogP contribution is 2.42. The van der Waals surface area contributed by atoms with E-state index in [4.69, 9.17) is 5.10 Å². The number of nitrogens with zero attached hydrogens (tertiary/aromatic N) is 4. The summed E-state index contributed by atoms with van der Waals surface area (Å²) in [5.74, 6) is 1.62. The van der Waals surface area contributed by atoms with Gasteiger partial charge in [-0.25, -0.2) is 4.98 Å². The number of amides is 1. The molecule has 1 amide bonds. The molecule has 2 aromatic heterocycles. The summed E-state index contributed by atoms with van der Waals surface area (Å²) in [6, 6.07) is 10.1. The highest BCUT2D eigenvalue weighted by Gasteiger charge is 2.35. The molecule has 1 atom stereocenters. The van der Waals surface area contributed by atoms with E-state index in [9.17, 15) is 4.79 Å². The van der Waals surface area contributed by atoms with E-state index in [0.717, 1.165) is 41.4 Å². The number of anilines is 1. The molecule has 0 radical (unpaired) electrons. The Bertz CT molecular complexity index is 909. The summed E-state index contributed by atoms with van der Waals surface area (Å²) >= 11 is 0. The van der Waals surface area contributed by atoms with Gasteiger partial charge in [0.05, 0.1) is 11.6 Å². The first-order valence-electron chi connectivity index (χ1n) is 8.62. The fourth-order valence-corrected chi connectivity index (χ4v) is 3.58. The first kappa shape index (κ1) is 15.6. The van der Waals surface area contributed by atoms with E-state index in [0.29, 0.717) is 6.42 Å². The number of carbonyl (C=O) groups is 1. The molecule has 0 spiro atoms. The fourth-order valence-electron chi connectivity index (χ4n) is 3.58. The highest BCUT2D eigenvalue weighted by molar-refractivity contribution is 5.96. The van der Waals surface area contributed by atoms with E-state index >= 15 is 0 Å². The molecule has 6 heteroatoms. The Balaban J connectivity index is 1.90. The maximum Gasteiger partial charge on any atom is 0.226 e. The number of nitrogens with one attached hydrogen (secondary N) is 1. The van der Waals surface area contributed by atoms with E-state index < -0.39 is 0 Å². The van der Waals surface area contributed by atoms with Crippen LogP contribution in [0.1, 0.15) is 37.1 Å². The third-order valence-corrected chi connectivity index (χ3v) is 4.65. The molecule has 0 aliphatic carbocycles. The largest absolute Gasteiger partial charge is 0.334 e. The van der Waals surface area contributed by atoms with Crippen LogP contribution in [0, 0.1) is 0 Å². The fraction of sp³-hybridized carbons (Fsp3) is 0.316. The Hall–Kier alpha value is -2.89. The molecule has 0 saturated heterocycles. The Morgan fingerprint density at radius 2 is 2.08 bits per heavy atom. The molecular formula is C19H21N5O. The number of carbonyl (C=O) groups excluding carboxylic acids is 1. The smallest absolute Gasteiger partial charge is 0.226 e. The second kappa shape index (κ2) is 6.20. The molecule has 0 saturated carbocycles. The van der Waals surface area contributed by atoms with E-state index in [1.54, 1.807) is 4.68 Å². The molecule has 4 rings (SSSR count). The zero-order chi connectivity index (χ0) is 17.4. The molecule has 1 aliphatic rings. The molecule has 25 heavy (non-hydrogen) atoms. The van der Waals surface area contributed by atoms with E-state index in [1.165, 1.54) is 0 Å². The molecule has 0 unspecified atom stereocenters. The summed E-state index contributed by atoms with van der Waals surface area (Å²) in [4.78, 5) is 16.9. The maximum atomic E-state index is 12.3. The van der Waals surface area contributed by atoms with Crippen LogP contribution in [-0.2, 0) is 18.4 Å². The molecule has 1 aromatic carbocycles. The van der Waals surface area contributed by atoms with Crippen LogP contribution in [0.3, 0.4) is 0 Å². The normalized spacial score (nSPS) is 16.6. The van der Waals surface area contributed by atoms with Gasteiger partial charge in [0.25, 0.3) is 0 Å². The van der Waals surface area contributed by atoms with Crippen LogP contribution in [0.25, 0.3) is 11.3 Å². The van der Waals surface area contributed by atoms with Gasteiger partial charge in [0.2, 0.25) is 5.91 Å². The topological polar surface area (TPSA) is 64.7 Å². The number of aryl methyl sites for hydroxylation is 2. The van der Waals surface area contributed by atoms with Crippen molar-refractivity contribution < 1.29 is 4.79 Å². The zero-order valence-electron chi connectivity index (χ0n) is 14.4. The molecule has 128 valence electrons. The summed E-state index contributed by atoms with van der Waals surface area (Å²) in [7, 11) is 1.87. The molecule has 0 fully saturated rings. The number of fused-ring (bicyclic) bond motifs is 1. The highest BCUT2D eigenvalue weighted by atomic mass is 16.1. The lowest BCUT2D eigenvalue weighted by molar-refractivity contribution is -0.116. The average molecular weight is 335 g/mol. The summed E-state index contributed by atoms with van der Waals surface area (Å²) in [5, 5.41) is 7.68. The average Bonchev–Trinajstić information content (AvgIpc) is 3.21. The molecular weight excluding hydrogens is 314 g/mol. The first-order chi connectivity index (χ1) is 12.2.